The summed E-state index contributed by atoms with van der Waals surface area (Å²) in [6, 6.07) is 17.0. The molecule has 6 heteroatoms. The summed E-state index contributed by atoms with van der Waals surface area (Å²) in [5.74, 6) is 1.25. The number of benzene rings is 3. The first-order chi connectivity index (χ1) is 15.0. The number of fused-ring (bicyclic) bond motifs is 1. The fraction of sp³-hybridized carbons (Fsp3) is 0.160. The summed E-state index contributed by atoms with van der Waals surface area (Å²) in [6.45, 7) is 1.94. The third-order valence-corrected chi connectivity index (χ3v) is 5.16. The molecule has 0 saturated heterocycles. The van der Waals surface area contributed by atoms with Crippen molar-refractivity contribution in [1.82, 2.24) is 0 Å². The maximum Gasteiger partial charge on any atom is 0.344 e. The largest absolute Gasteiger partial charge is 0.493 e. The van der Waals surface area contributed by atoms with E-state index in [4.69, 9.17) is 18.6 Å². The van der Waals surface area contributed by atoms with Gasteiger partial charge in [-0.25, -0.2) is 9.18 Å². The van der Waals surface area contributed by atoms with Gasteiger partial charge in [-0.3, -0.25) is 0 Å². The van der Waals surface area contributed by atoms with Crippen molar-refractivity contribution in [3.05, 3.63) is 88.0 Å². The highest BCUT2D eigenvalue weighted by Crippen LogP contribution is 2.34. The summed E-state index contributed by atoms with van der Waals surface area (Å²) < 4.78 is 35.7. The van der Waals surface area contributed by atoms with E-state index in [0.29, 0.717) is 39.5 Å². The Morgan fingerprint density at radius 1 is 0.935 bits per heavy atom. The van der Waals surface area contributed by atoms with Gasteiger partial charge in [-0.2, -0.15) is 0 Å². The lowest BCUT2D eigenvalue weighted by Crippen LogP contribution is -2.06. The van der Waals surface area contributed by atoms with Crippen molar-refractivity contribution in [3.63, 3.8) is 0 Å². The van der Waals surface area contributed by atoms with E-state index >= 15 is 0 Å². The van der Waals surface area contributed by atoms with E-state index in [0.717, 1.165) is 10.9 Å². The number of aryl methyl sites for hydroxylation is 1. The molecule has 5 nitrogen and oxygen atoms in total. The normalized spacial score (nSPS) is 10.8. The van der Waals surface area contributed by atoms with Gasteiger partial charge in [0.05, 0.1) is 19.8 Å². The molecule has 4 aromatic rings. The van der Waals surface area contributed by atoms with Crippen molar-refractivity contribution >= 4 is 11.0 Å². The van der Waals surface area contributed by atoms with Crippen LogP contribution in [-0.2, 0) is 6.61 Å². The molecule has 0 atom stereocenters. The van der Waals surface area contributed by atoms with Crippen LogP contribution in [0.25, 0.3) is 22.1 Å². The lowest BCUT2D eigenvalue weighted by Gasteiger charge is -2.12. The molecule has 0 aliphatic heterocycles. The molecular formula is C25H21FO5. The molecule has 0 aliphatic rings. The molecular weight excluding hydrogens is 399 g/mol. The Morgan fingerprint density at radius 3 is 2.45 bits per heavy atom. The van der Waals surface area contributed by atoms with Crippen molar-refractivity contribution in [2.24, 2.45) is 0 Å². The van der Waals surface area contributed by atoms with Crippen LogP contribution in [0.15, 0.2) is 69.9 Å². The fourth-order valence-corrected chi connectivity index (χ4v) is 3.53. The van der Waals surface area contributed by atoms with E-state index in [1.54, 1.807) is 62.8 Å². The minimum absolute atomic E-state index is 0.0745. The van der Waals surface area contributed by atoms with Gasteiger partial charge in [0.2, 0.25) is 0 Å². The van der Waals surface area contributed by atoms with Crippen LogP contribution in [0.3, 0.4) is 0 Å². The molecule has 3 aromatic carbocycles. The first-order valence-electron chi connectivity index (χ1n) is 9.68. The van der Waals surface area contributed by atoms with Crippen LogP contribution < -0.4 is 19.8 Å². The number of hydrogen-bond acceptors (Lipinski definition) is 5. The highest BCUT2D eigenvalue weighted by Gasteiger charge is 2.16. The summed E-state index contributed by atoms with van der Waals surface area (Å²) in [7, 11) is 3.10. The average molecular weight is 420 g/mol. The second-order valence-corrected chi connectivity index (χ2v) is 7.00. The number of ether oxygens (including phenoxy) is 3. The second-order valence-electron chi connectivity index (χ2n) is 7.00. The van der Waals surface area contributed by atoms with Gasteiger partial charge in [-0.15, -0.1) is 0 Å². The minimum atomic E-state index is -0.469. The van der Waals surface area contributed by atoms with Gasteiger partial charge < -0.3 is 18.6 Å². The van der Waals surface area contributed by atoms with Crippen LogP contribution in [0.5, 0.6) is 17.2 Å². The van der Waals surface area contributed by atoms with Gasteiger partial charge in [0.15, 0.2) is 11.5 Å². The average Bonchev–Trinajstić information content (AvgIpc) is 2.78. The molecule has 0 spiro atoms. The van der Waals surface area contributed by atoms with Gasteiger partial charge in [0.25, 0.3) is 0 Å². The maximum absolute atomic E-state index is 13.8. The summed E-state index contributed by atoms with van der Waals surface area (Å²) >= 11 is 0. The fourth-order valence-electron chi connectivity index (χ4n) is 3.53. The van der Waals surface area contributed by atoms with E-state index in [2.05, 4.69) is 0 Å². The van der Waals surface area contributed by atoms with Crippen LogP contribution in [0.1, 0.15) is 11.1 Å². The number of rotatable bonds is 6. The number of hydrogen-bond donors (Lipinski definition) is 0. The van der Waals surface area contributed by atoms with Crippen LogP contribution in [0.2, 0.25) is 0 Å². The Hall–Kier alpha value is -3.80. The topological polar surface area (TPSA) is 57.9 Å². The van der Waals surface area contributed by atoms with E-state index in [1.165, 1.54) is 6.07 Å². The predicted octanol–water partition coefficient (Wildman–Crippen LogP) is 5.50. The highest BCUT2D eigenvalue weighted by molar-refractivity contribution is 5.87. The third-order valence-electron chi connectivity index (χ3n) is 5.16. The first kappa shape index (κ1) is 20.5. The van der Waals surface area contributed by atoms with Gasteiger partial charge in [-0.1, -0.05) is 24.3 Å². The minimum Gasteiger partial charge on any atom is -0.493 e. The monoisotopic (exact) mass is 420 g/mol. The molecule has 4 rings (SSSR count). The van der Waals surface area contributed by atoms with Gasteiger partial charge in [0.1, 0.15) is 23.8 Å². The summed E-state index contributed by atoms with van der Waals surface area (Å²) in [5.41, 5.74) is 2.28. The van der Waals surface area contributed by atoms with Gasteiger partial charge >= 0.3 is 5.63 Å². The molecule has 0 N–H and O–H groups in total. The van der Waals surface area contributed by atoms with Crippen molar-refractivity contribution in [2.45, 2.75) is 13.5 Å². The van der Waals surface area contributed by atoms with Crippen LogP contribution >= 0.6 is 0 Å². The third kappa shape index (κ3) is 3.97. The maximum atomic E-state index is 13.8. The molecule has 0 aliphatic carbocycles. The Labute approximate surface area is 178 Å². The van der Waals surface area contributed by atoms with Crippen LogP contribution in [0.4, 0.5) is 4.39 Å². The quantitative estimate of drug-likeness (QED) is 0.385. The van der Waals surface area contributed by atoms with Crippen molar-refractivity contribution in [2.75, 3.05) is 14.2 Å². The molecule has 0 amide bonds. The Morgan fingerprint density at radius 2 is 1.71 bits per heavy atom. The predicted molar refractivity (Wildman–Crippen MR) is 116 cm³/mol. The summed E-state index contributed by atoms with van der Waals surface area (Å²) in [5, 5.41) is 0.780. The van der Waals surface area contributed by atoms with Crippen molar-refractivity contribution < 1.29 is 23.0 Å². The molecule has 1 aromatic heterocycles. The van der Waals surface area contributed by atoms with Gasteiger partial charge in [-0.05, 0) is 48.4 Å². The molecule has 0 fully saturated rings. The zero-order valence-electron chi connectivity index (χ0n) is 17.4. The SMILES string of the molecule is COc1ccc(-c2c(C)c3ccc(OCc4ccccc4F)cc3oc2=O)cc1OC. The Kier molecular flexibility index (Phi) is 5.62. The standard InChI is InChI=1S/C25H21FO5/c1-15-19-10-9-18(30-14-17-6-4-5-7-20(17)26)13-22(19)31-25(27)24(15)16-8-11-21(28-2)23(12-16)29-3/h4-13H,14H2,1-3H3. The molecule has 0 bridgehead atoms. The van der Waals surface area contributed by atoms with Crippen LogP contribution in [0, 0.1) is 12.7 Å². The van der Waals surface area contributed by atoms with E-state index < -0.39 is 5.63 Å². The van der Waals surface area contributed by atoms with Crippen molar-refractivity contribution in [1.29, 1.82) is 0 Å². The molecule has 0 saturated carbocycles. The number of halogens is 1. The molecule has 31 heavy (non-hydrogen) atoms. The Bertz CT molecular complexity index is 1310. The van der Waals surface area contributed by atoms with Crippen LogP contribution in [-0.4, -0.2) is 14.2 Å². The summed E-state index contributed by atoms with van der Waals surface area (Å²) in [4.78, 5) is 12.8. The zero-order valence-corrected chi connectivity index (χ0v) is 17.4. The lowest BCUT2D eigenvalue weighted by atomic mass is 9.99. The van der Waals surface area contributed by atoms with E-state index in [9.17, 15) is 9.18 Å². The number of methoxy groups -OCH3 is 2. The van der Waals surface area contributed by atoms with Gasteiger partial charge in [0, 0.05) is 17.0 Å². The smallest absolute Gasteiger partial charge is 0.344 e. The molecule has 158 valence electrons. The van der Waals surface area contributed by atoms with E-state index in [-0.39, 0.29) is 12.4 Å². The highest BCUT2D eigenvalue weighted by atomic mass is 19.1. The second kappa shape index (κ2) is 8.52. The molecule has 1 heterocycles. The van der Waals surface area contributed by atoms with Crippen molar-refractivity contribution in [3.8, 4) is 28.4 Å². The summed E-state index contributed by atoms with van der Waals surface area (Å²) in [6.07, 6.45) is 0. The van der Waals surface area contributed by atoms with E-state index in [1.807, 2.05) is 13.0 Å². The first-order valence-corrected chi connectivity index (χ1v) is 9.68. The molecule has 0 unspecified atom stereocenters. The Balaban J connectivity index is 1.70. The zero-order chi connectivity index (χ0) is 22.0. The lowest BCUT2D eigenvalue weighted by molar-refractivity contribution is 0.300. The molecule has 0 radical (unpaired) electrons.